The van der Waals surface area contributed by atoms with Crippen LogP contribution in [-0.4, -0.2) is 54.7 Å². The summed E-state index contributed by atoms with van der Waals surface area (Å²) in [7, 11) is -3.65. The van der Waals surface area contributed by atoms with Crippen LogP contribution in [0.25, 0.3) is 0 Å². The molecule has 1 N–H and O–H groups in total. The van der Waals surface area contributed by atoms with Gasteiger partial charge < -0.3 is 10.1 Å². The summed E-state index contributed by atoms with van der Waals surface area (Å²) >= 11 is 5.69. The maximum atomic E-state index is 12.9. The van der Waals surface area contributed by atoms with Crippen LogP contribution in [0.15, 0.2) is 29.2 Å². The Morgan fingerprint density at radius 1 is 1.23 bits per heavy atom. The predicted octanol–water partition coefficient (Wildman–Crippen LogP) is 2.91. The zero-order valence-corrected chi connectivity index (χ0v) is 18.0. The summed E-state index contributed by atoms with van der Waals surface area (Å²) < 4.78 is 71.3. The van der Waals surface area contributed by atoms with Gasteiger partial charge in [-0.1, -0.05) is 11.6 Å². The number of aryl methyl sites for hydroxylation is 1. The molecule has 0 atom stereocenters. The molecule has 0 saturated carbocycles. The van der Waals surface area contributed by atoms with Gasteiger partial charge in [-0.2, -0.15) is 22.6 Å². The van der Waals surface area contributed by atoms with Gasteiger partial charge in [0.2, 0.25) is 15.9 Å². The molecule has 2 aromatic rings. The van der Waals surface area contributed by atoms with E-state index in [4.69, 9.17) is 16.3 Å². The zero-order chi connectivity index (χ0) is 22.8. The minimum Gasteiger partial charge on any atom is -0.379 e. The second kappa shape index (κ2) is 9.15. The minimum absolute atomic E-state index is 0.0916. The summed E-state index contributed by atoms with van der Waals surface area (Å²) in [5.74, 6) is -0.469. The Morgan fingerprint density at radius 3 is 2.39 bits per heavy atom. The van der Waals surface area contributed by atoms with Crippen molar-refractivity contribution in [3.63, 3.8) is 0 Å². The number of aromatic nitrogens is 2. The van der Waals surface area contributed by atoms with Gasteiger partial charge >= 0.3 is 6.18 Å². The molecule has 1 saturated heterocycles. The number of carbonyl (C=O) groups excluding carboxylic acids is 1. The monoisotopic (exact) mass is 480 g/mol. The zero-order valence-electron chi connectivity index (χ0n) is 16.4. The van der Waals surface area contributed by atoms with Crippen LogP contribution < -0.4 is 5.32 Å². The Morgan fingerprint density at radius 2 is 1.84 bits per heavy atom. The van der Waals surface area contributed by atoms with Crippen LogP contribution in [0, 0.1) is 6.92 Å². The third kappa shape index (κ3) is 5.37. The number of hydrogen-bond donors (Lipinski definition) is 1. The van der Waals surface area contributed by atoms with Crippen molar-refractivity contribution >= 4 is 33.2 Å². The van der Waals surface area contributed by atoms with Crippen LogP contribution in [0.3, 0.4) is 0 Å². The number of ether oxygens (including phenoxy) is 1. The molecule has 31 heavy (non-hydrogen) atoms. The number of hydrogen-bond acceptors (Lipinski definition) is 5. The number of amides is 1. The van der Waals surface area contributed by atoms with Crippen molar-refractivity contribution in [2.24, 2.45) is 0 Å². The molecule has 1 aromatic heterocycles. The highest BCUT2D eigenvalue weighted by atomic mass is 35.5. The van der Waals surface area contributed by atoms with Gasteiger partial charge in [-0.3, -0.25) is 9.48 Å². The third-order valence-corrected chi connectivity index (χ3v) is 7.06. The van der Waals surface area contributed by atoms with Gasteiger partial charge in [0.05, 0.1) is 35.4 Å². The van der Waals surface area contributed by atoms with Gasteiger partial charge in [0, 0.05) is 25.2 Å². The Labute approximate surface area is 182 Å². The Kier molecular flexibility index (Phi) is 6.94. The molecule has 1 fully saturated rings. The lowest BCUT2D eigenvalue weighted by atomic mass is 10.3. The molecule has 170 valence electrons. The number of morpholine rings is 1. The number of benzene rings is 1. The number of anilines is 1. The first kappa shape index (κ1) is 23.5. The summed E-state index contributed by atoms with van der Waals surface area (Å²) in [6.45, 7) is 2.49. The SMILES string of the molecule is Cc1c(Cl)c(C(F)(F)F)nn1CCC(=O)Nc1ccc(S(=O)(=O)N2CCOCC2)cc1. The van der Waals surface area contributed by atoms with E-state index in [0.29, 0.717) is 18.9 Å². The molecule has 1 amide bonds. The first-order chi connectivity index (χ1) is 14.5. The summed E-state index contributed by atoms with van der Waals surface area (Å²) in [6.07, 6.45) is -4.83. The standard InChI is InChI=1S/C18H20ClF3N4O4S/c1-12-16(19)17(18(20,21)22)24-26(12)7-6-15(27)23-13-2-4-14(5-3-13)31(28,29)25-8-10-30-11-9-25/h2-5H,6-11H2,1H3,(H,23,27). The van der Waals surface area contributed by atoms with Crippen molar-refractivity contribution in [1.29, 1.82) is 0 Å². The van der Waals surface area contributed by atoms with E-state index < -0.39 is 32.8 Å². The van der Waals surface area contributed by atoms with Gasteiger partial charge in [0.1, 0.15) is 0 Å². The van der Waals surface area contributed by atoms with E-state index in [1.54, 1.807) is 0 Å². The van der Waals surface area contributed by atoms with Crippen molar-refractivity contribution in [3.05, 3.63) is 40.7 Å². The minimum atomic E-state index is -4.68. The quantitative estimate of drug-likeness (QED) is 0.686. The van der Waals surface area contributed by atoms with Crippen LogP contribution in [0.1, 0.15) is 17.8 Å². The lowest BCUT2D eigenvalue weighted by Crippen LogP contribution is -2.40. The Balaban J connectivity index is 1.60. The molecule has 1 aromatic carbocycles. The van der Waals surface area contributed by atoms with Crippen LogP contribution >= 0.6 is 11.6 Å². The second-order valence-electron chi connectivity index (χ2n) is 6.81. The second-order valence-corrected chi connectivity index (χ2v) is 9.12. The molecule has 1 aliphatic heterocycles. The fraction of sp³-hybridized carbons (Fsp3) is 0.444. The summed E-state index contributed by atoms with van der Waals surface area (Å²) in [5, 5.41) is 5.52. The number of alkyl halides is 3. The number of carbonyl (C=O) groups is 1. The Bertz CT molecular complexity index is 1050. The lowest BCUT2D eigenvalue weighted by Gasteiger charge is -2.26. The molecule has 0 bridgehead atoms. The van der Waals surface area contributed by atoms with Gasteiger partial charge in [0.25, 0.3) is 0 Å². The molecule has 2 heterocycles. The predicted molar refractivity (Wildman–Crippen MR) is 106 cm³/mol. The highest BCUT2D eigenvalue weighted by molar-refractivity contribution is 7.89. The molecule has 0 aliphatic carbocycles. The lowest BCUT2D eigenvalue weighted by molar-refractivity contribution is -0.141. The normalized spacial score (nSPS) is 15.8. The van der Waals surface area contributed by atoms with E-state index in [1.807, 2.05) is 0 Å². The largest absolute Gasteiger partial charge is 0.436 e. The molecule has 8 nitrogen and oxygen atoms in total. The van der Waals surface area contributed by atoms with Crippen molar-refractivity contribution < 1.29 is 31.1 Å². The van der Waals surface area contributed by atoms with Crippen molar-refractivity contribution in [1.82, 2.24) is 14.1 Å². The number of halogens is 4. The molecule has 13 heteroatoms. The topological polar surface area (TPSA) is 93.5 Å². The van der Waals surface area contributed by atoms with Crippen LogP contribution in [0.4, 0.5) is 18.9 Å². The molecule has 0 unspecified atom stereocenters. The van der Waals surface area contributed by atoms with Gasteiger partial charge in [0.15, 0.2) is 5.69 Å². The van der Waals surface area contributed by atoms with Crippen molar-refractivity contribution in [3.8, 4) is 0 Å². The average molecular weight is 481 g/mol. The molecule has 0 radical (unpaired) electrons. The van der Waals surface area contributed by atoms with E-state index in [0.717, 1.165) is 4.68 Å². The average Bonchev–Trinajstić information content (AvgIpc) is 3.02. The molecule has 1 aliphatic rings. The molecular formula is C18H20ClF3N4O4S. The van der Waals surface area contributed by atoms with Gasteiger partial charge in [-0.05, 0) is 31.2 Å². The number of sulfonamides is 1. The van der Waals surface area contributed by atoms with Crippen molar-refractivity contribution in [2.45, 2.75) is 31.0 Å². The van der Waals surface area contributed by atoms with E-state index in [2.05, 4.69) is 10.4 Å². The number of rotatable bonds is 6. The van der Waals surface area contributed by atoms with Crippen LogP contribution in [0.2, 0.25) is 5.02 Å². The summed E-state index contributed by atoms with van der Waals surface area (Å²) in [4.78, 5) is 12.3. The van der Waals surface area contributed by atoms with Crippen LogP contribution in [-0.2, 0) is 32.3 Å². The van der Waals surface area contributed by atoms with Crippen molar-refractivity contribution in [2.75, 3.05) is 31.6 Å². The first-order valence-corrected chi connectivity index (χ1v) is 11.1. The molecule has 3 rings (SSSR count). The summed E-state index contributed by atoms with van der Waals surface area (Å²) in [5.41, 5.74) is -0.722. The maximum Gasteiger partial charge on any atom is 0.436 e. The Hall–Kier alpha value is -2.15. The van der Waals surface area contributed by atoms with E-state index in [9.17, 15) is 26.4 Å². The smallest absolute Gasteiger partial charge is 0.379 e. The highest BCUT2D eigenvalue weighted by Gasteiger charge is 2.38. The van der Waals surface area contributed by atoms with E-state index in [1.165, 1.54) is 35.5 Å². The maximum absolute atomic E-state index is 12.9. The highest BCUT2D eigenvalue weighted by Crippen LogP contribution is 2.35. The third-order valence-electron chi connectivity index (χ3n) is 4.70. The van der Waals surface area contributed by atoms with E-state index in [-0.39, 0.29) is 36.6 Å². The first-order valence-electron chi connectivity index (χ1n) is 9.28. The fourth-order valence-electron chi connectivity index (χ4n) is 3.00. The van der Waals surface area contributed by atoms with Gasteiger partial charge in [-0.15, -0.1) is 0 Å². The van der Waals surface area contributed by atoms with Gasteiger partial charge in [-0.25, -0.2) is 8.42 Å². The van der Waals surface area contributed by atoms with E-state index >= 15 is 0 Å². The number of nitrogens with one attached hydrogen (secondary N) is 1. The fourth-order valence-corrected chi connectivity index (χ4v) is 4.65. The van der Waals surface area contributed by atoms with Crippen LogP contribution in [0.5, 0.6) is 0 Å². The number of nitrogens with zero attached hydrogens (tertiary/aromatic N) is 3. The summed E-state index contributed by atoms with van der Waals surface area (Å²) in [6, 6.07) is 5.66. The molecular weight excluding hydrogens is 461 g/mol. The molecule has 0 spiro atoms.